The Balaban J connectivity index is 1.92. The molecule has 1 aliphatic heterocycles. The van der Waals surface area contributed by atoms with Gasteiger partial charge in [-0.25, -0.2) is 0 Å². The minimum absolute atomic E-state index is 0.388. The zero-order valence-electron chi connectivity index (χ0n) is 11.4. The van der Waals surface area contributed by atoms with E-state index >= 15 is 0 Å². The van der Waals surface area contributed by atoms with Gasteiger partial charge < -0.3 is 19.5 Å². The molecule has 1 unspecified atom stereocenters. The Bertz CT molecular complexity index is 254. The lowest BCUT2D eigenvalue weighted by atomic mass is 10.1. The summed E-state index contributed by atoms with van der Waals surface area (Å²) in [5, 5.41) is 9.81. The summed E-state index contributed by atoms with van der Waals surface area (Å²) in [6.45, 7) is 6.62. The number of rotatable bonds is 8. The normalized spacial score (nSPS) is 18.1. The molecule has 0 saturated carbocycles. The van der Waals surface area contributed by atoms with Crippen molar-refractivity contribution in [3.8, 4) is 11.8 Å². The number of hydrogen-bond acceptors (Lipinski definition) is 4. The zero-order valence-corrected chi connectivity index (χ0v) is 11.4. The summed E-state index contributed by atoms with van der Waals surface area (Å²) < 4.78 is 10.6. The molecule has 0 spiro atoms. The minimum Gasteiger partial charge on any atom is -0.389 e. The highest BCUT2D eigenvalue weighted by Gasteiger charge is 2.14. The third kappa shape index (κ3) is 7.67. The van der Waals surface area contributed by atoms with Gasteiger partial charge in [-0.05, 0) is 32.9 Å². The maximum absolute atomic E-state index is 9.81. The standard InChI is InChI=1S/C14H25NO3/c1-2-3-9-17-10-11-18-13-14(16)12-15-7-5-4-6-8-15/h14,16H,4-13H2,1H3. The second-order valence-corrected chi connectivity index (χ2v) is 4.57. The molecule has 0 aliphatic carbocycles. The highest BCUT2D eigenvalue weighted by atomic mass is 16.5. The van der Waals surface area contributed by atoms with Crippen LogP contribution in [0, 0.1) is 11.8 Å². The van der Waals surface area contributed by atoms with E-state index in [1.807, 2.05) is 0 Å². The maximum Gasteiger partial charge on any atom is 0.107 e. The quantitative estimate of drug-likeness (QED) is 0.517. The number of aliphatic hydroxyl groups is 1. The number of ether oxygens (including phenoxy) is 2. The highest BCUT2D eigenvalue weighted by Crippen LogP contribution is 2.08. The van der Waals surface area contributed by atoms with Crippen LogP contribution in [0.2, 0.25) is 0 Å². The minimum atomic E-state index is -0.390. The summed E-state index contributed by atoms with van der Waals surface area (Å²) >= 11 is 0. The summed E-state index contributed by atoms with van der Waals surface area (Å²) in [6.07, 6.45) is 3.43. The van der Waals surface area contributed by atoms with Crippen LogP contribution in [0.5, 0.6) is 0 Å². The van der Waals surface area contributed by atoms with Gasteiger partial charge in [0.25, 0.3) is 0 Å². The Morgan fingerprint density at radius 3 is 2.61 bits per heavy atom. The first-order valence-corrected chi connectivity index (χ1v) is 6.78. The van der Waals surface area contributed by atoms with Crippen LogP contribution in [0.25, 0.3) is 0 Å². The fourth-order valence-electron chi connectivity index (χ4n) is 2.03. The molecular weight excluding hydrogens is 230 g/mol. The summed E-state index contributed by atoms with van der Waals surface area (Å²) in [5.41, 5.74) is 0. The maximum atomic E-state index is 9.81. The Labute approximate surface area is 110 Å². The highest BCUT2D eigenvalue weighted by molar-refractivity contribution is 4.94. The Kier molecular flexibility index (Phi) is 8.87. The monoisotopic (exact) mass is 255 g/mol. The molecule has 1 rings (SSSR count). The fraction of sp³-hybridized carbons (Fsp3) is 0.857. The second kappa shape index (κ2) is 10.3. The molecule has 1 saturated heterocycles. The molecule has 1 atom stereocenters. The number of β-amino-alcohol motifs (C(OH)–C–C–N with tert-alkyl or cyclic N) is 1. The predicted molar refractivity (Wildman–Crippen MR) is 71.4 cm³/mol. The number of nitrogens with zero attached hydrogens (tertiary/aromatic N) is 1. The van der Waals surface area contributed by atoms with Crippen LogP contribution >= 0.6 is 0 Å². The Morgan fingerprint density at radius 1 is 1.17 bits per heavy atom. The second-order valence-electron chi connectivity index (χ2n) is 4.57. The van der Waals surface area contributed by atoms with E-state index in [1.54, 1.807) is 6.92 Å². The summed E-state index contributed by atoms with van der Waals surface area (Å²) in [7, 11) is 0. The van der Waals surface area contributed by atoms with E-state index < -0.39 is 6.10 Å². The van der Waals surface area contributed by atoms with E-state index in [0.29, 0.717) is 26.4 Å². The van der Waals surface area contributed by atoms with Gasteiger partial charge in [0.2, 0.25) is 0 Å². The predicted octanol–water partition coefficient (Wildman–Crippen LogP) is 0.890. The lowest BCUT2D eigenvalue weighted by Crippen LogP contribution is -2.38. The molecule has 0 bridgehead atoms. The van der Waals surface area contributed by atoms with Crippen molar-refractivity contribution < 1.29 is 14.6 Å². The summed E-state index contributed by atoms with van der Waals surface area (Å²) in [5.74, 6) is 5.58. The third-order valence-corrected chi connectivity index (χ3v) is 2.95. The number of hydrogen-bond donors (Lipinski definition) is 1. The molecule has 0 radical (unpaired) electrons. The molecular formula is C14H25NO3. The molecule has 18 heavy (non-hydrogen) atoms. The van der Waals surface area contributed by atoms with Crippen molar-refractivity contribution in [3.05, 3.63) is 0 Å². The summed E-state index contributed by atoms with van der Waals surface area (Å²) in [6, 6.07) is 0. The van der Waals surface area contributed by atoms with E-state index in [-0.39, 0.29) is 0 Å². The number of aliphatic hydroxyl groups excluding tert-OH is 1. The smallest absolute Gasteiger partial charge is 0.107 e. The van der Waals surface area contributed by atoms with Crippen LogP contribution in [-0.2, 0) is 9.47 Å². The molecule has 0 aromatic carbocycles. The molecule has 1 N–H and O–H groups in total. The van der Waals surface area contributed by atoms with Crippen molar-refractivity contribution in [1.82, 2.24) is 4.90 Å². The summed E-state index contributed by atoms with van der Waals surface area (Å²) in [4.78, 5) is 2.31. The zero-order chi connectivity index (χ0) is 13.1. The largest absolute Gasteiger partial charge is 0.389 e. The molecule has 4 nitrogen and oxygen atoms in total. The van der Waals surface area contributed by atoms with Crippen LogP contribution in [-0.4, -0.2) is 62.2 Å². The van der Waals surface area contributed by atoms with Crippen molar-refractivity contribution >= 4 is 0 Å². The average Bonchev–Trinajstić information content (AvgIpc) is 2.39. The lowest BCUT2D eigenvalue weighted by Gasteiger charge is -2.28. The number of piperidine rings is 1. The van der Waals surface area contributed by atoms with Crippen LogP contribution < -0.4 is 0 Å². The van der Waals surface area contributed by atoms with Gasteiger partial charge >= 0.3 is 0 Å². The van der Waals surface area contributed by atoms with Gasteiger partial charge in [-0.2, -0.15) is 0 Å². The van der Waals surface area contributed by atoms with Crippen LogP contribution in [0.15, 0.2) is 0 Å². The SMILES string of the molecule is CC#CCOCCOCC(O)CN1CCCCC1. The van der Waals surface area contributed by atoms with E-state index in [4.69, 9.17) is 9.47 Å². The van der Waals surface area contributed by atoms with Gasteiger partial charge in [0.1, 0.15) is 6.61 Å². The van der Waals surface area contributed by atoms with Crippen molar-refractivity contribution in [2.45, 2.75) is 32.3 Å². The van der Waals surface area contributed by atoms with Crippen LogP contribution in [0.3, 0.4) is 0 Å². The first-order valence-electron chi connectivity index (χ1n) is 6.78. The average molecular weight is 255 g/mol. The first-order chi connectivity index (χ1) is 8.83. The topological polar surface area (TPSA) is 41.9 Å². The van der Waals surface area contributed by atoms with E-state index in [2.05, 4.69) is 16.7 Å². The van der Waals surface area contributed by atoms with Gasteiger partial charge in [0.15, 0.2) is 0 Å². The third-order valence-electron chi connectivity index (χ3n) is 2.95. The molecule has 0 aromatic rings. The van der Waals surface area contributed by atoms with Crippen molar-refractivity contribution in [1.29, 1.82) is 0 Å². The molecule has 1 heterocycles. The Morgan fingerprint density at radius 2 is 1.89 bits per heavy atom. The van der Waals surface area contributed by atoms with Crippen LogP contribution in [0.4, 0.5) is 0 Å². The van der Waals surface area contributed by atoms with Gasteiger partial charge in [-0.1, -0.05) is 12.3 Å². The molecule has 0 aromatic heterocycles. The Hall–Kier alpha value is -0.600. The lowest BCUT2D eigenvalue weighted by molar-refractivity contribution is -0.00561. The van der Waals surface area contributed by atoms with Gasteiger partial charge in [-0.15, -0.1) is 5.92 Å². The van der Waals surface area contributed by atoms with E-state index in [0.717, 1.165) is 19.6 Å². The molecule has 1 aliphatic rings. The molecule has 0 amide bonds. The van der Waals surface area contributed by atoms with E-state index in [1.165, 1.54) is 19.3 Å². The van der Waals surface area contributed by atoms with Crippen LogP contribution in [0.1, 0.15) is 26.2 Å². The van der Waals surface area contributed by atoms with Gasteiger partial charge in [0.05, 0.1) is 25.9 Å². The van der Waals surface area contributed by atoms with E-state index in [9.17, 15) is 5.11 Å². The fourth-order valence-corrected chi connectivity index (χ4v) is 2.03. The first kappa shape index (κ1) is 15.5. The molecule has 104 valence electrons. The van der Waals surface area contributed by atoms with Crippen molar-refractivity contribution in [2.24, 2.45) is 0 Å². The van der Waals surface area contributed by atoms with Crippen molar-refractivity contribution in [3.63, 3.8) is 0 Å². The van der Waals surface area contributed by atoms with Gasteiger partial charge in [0, 0.05) is 6.54 Å². The molecule has 4 heteroatoms. The van der Waals surface area contributed by atoms with Gasteiger partial charge in [-0.3, -0.25) is 0 Å². The number of likely N-dealkylation sites (tertiary alicyclic amines) is 1. The molecule has 1 fully saturated rings. The van der Waals surface area contributed by atoms with Crippen molar-refractivity contribution in [2.75, 3.05) is 46.1 Å².